The highest BCUT2D eigenvalue weighted by molar-refractivity contribution is 6.30. The van der Waals surface area contributed by atoms with E-state index in [0.717, 1.165) is 16.7 Å². The second kappa shape index (κ2) is 5.68. The van der Waals surface area contributed by atoms with Crippen LogP contribution in [0.3, 0.4) is 0 Å². The molecule has 0 aromatic heterocycles. The van der Waals surface area contributed by atoms with Gasteiger partial charge in [-0.2, -0.15) is 0 Å². The number of rotatable bonds is 3. The van der Waals surface area contributed by atoms with Crippen molar-refractivity contribution in [2.24, 2.45) is 0 Å². The summed E-state index contributed by atoms with van der Waals surface area (Å²) in [6.07, 6.45) is 0. The van der Waals surface area contributed by atoms with E-state index in [0.29, 0.717) is 0 Å². The molecule has 0 saturated carbocycles. The number of aryl methyl sites for hydroxylation is 1. The van der Waals surface area contributed by atoms with E-state index in [-0.39, 0.29) is 16.9 Å². The van der Waals surface area contributed by atoms with E-state index in [9.17, 15) is 8.78 Å². The molecular weight excluding hydrogens is 268 g/mol. The van der Waals surface area contributed by atoms with Gasteiger partial charge >= 0.3 is 0 Å². The summed E-state index contributed by atoms with van der Waals surface area (Å²) in [5.74, 6) is -0.759. The number of halogens is 3. The summed E-state index contributed by atoms with van der Waals surface area (Å²) in [6.45, 7) is 1.91. The SMILES string of the molecule is CNC(c1ccc(F)c(Cl)c1)c1cc(F)ccc1C. The third-order valence-electron chi connectivity index (χ3n) is 3.12. The van der Waals surface area contributed by atoms with Gasteiger partial charge in [-0.25, -0.2) is 8.78 Å². The first-order valence-corrected chi connectivity index (χ1v) is 6.29. The smallest absolute Gasteiger partial charge is 0.141 e. The molecule has 2 rings (SSSR count). The van der Waals surface area contributed by atoms with Gasteiger partial charge in [0, 0.05) is 0 Å². The zero-order chi connectivity index (χ0) is 14.0. The molecule has 0 aliphatic carbocycles. The summed E-state index contributed by atoms with van der Waals surface area (Å²) in [5, 5.41) is 3.16. The Bertz CT molecular complexity index is 599. The highest BCUT2D eigenvalue weighted by Gasteiger charge is 2.16. The molecule has 1 nitrogen and oxygen atoms in total. The van der Waals surface area contributed by atoms with Crippen LogP contribution in [0.5, 0.6) is 0 Å². The van der Waals surface area contributed by atoms with Crippen molar-refractivity contribution in [2.45, 2.75) is 13.0 Å². The molecular formula is C15H14ClF2N. The molecule has 0 fully saturated rings. The Labute approximate surface area is 116 Å². The Morgan fingerprint density at radius 2 is 1.84 bits per heavy atom. The van der Waals surface area contributed by atoms with Gasteiger partial charge in [0.15, 0.2) is 0 Å². The van der Waals surface area contributed by atoms with Gasteiger partial charge in [-0.3, -0.25) is 0 Å². The van der Waals surface area contributed by atoms with Crippen molar-refractivity contribution < 1.29 is 8.78 Å². The van der Waals surface area contributed by atoms with Gasteiger partial charge in [-0.05, 0) is 54.9 Å². The number of benzene rings is 2. The van der Waals surface area contributed by atoms with Crippen molar-refractivity contribution in [1.82, 2.24) is 5.32 Å². The molecule has 100 valence electrons. The van der Waals surface area contributed by atoms with Crippen LogP contribution in [0.2, 0.25) is 5.02 Å². The maximum atomic E-state index is 13.4. The van der Waals surface area contributed by atoms with Crippen LogP contribution in [0.15, 0.2) is 36.4 Å². The zero-order valence-electron chi connectivity index (χ0n) is 10.7. The van der Waals surface area contributed by atoms with E-state index in [1.165, 1.54) is 18.2 Å². The van der Waals surface area contributed by atoms with Crippen LogP contribution >= 0.6 is 11.6 Å². The Morgan fingerprint density at radius 1 is 1.11 bits per heavy atom. The Morgan fingerprint density at radius 3 is 2.47 bits per heavy atom. The number of hydrogen-bond acceptors (Lipinski definition) is 1. The van der Waals surface area contributed by atoms with Crippen molar-refractivity contribution in [2.75, 3.05) is 7.05 Å². The summed E-state index contributed by atoms with van der Waals surface area (Å²) in [5.41, 5.74) is 2.56. The second-order valence-corrected chi connectivity index (χ2v) is 4.80. The molecule has 1 unspecified atom stereocenters. The lowest BCUT2D eigenvalue weighted by Gasteiger charge is -2.20. The van der Waals surface area contributed by atoms with Crippen LogP contribution in [-0.4, -0.2) is 7.05 Å². The van der Waals surface area contributed by atoms with Crippen molar-refractivity contribution in [3.63, 3.8) is 0 Å². The fraction of sp³-hybridized carbons (Fsp3) is 0.200. The maximum Gasteiger partial charge on any atom is 0.141 e. The van der Waals surface area contributed by atoms with Crippen LogP contribution in [0.25, 0.3) is 0 Å². The van der Waals surface area contributed by atoms with E-state index < -0.39 is 5.82 Å². The third-order valence-corrected chi connectivity index (χ3v) is 3.41. The third kappa shape index (κ3) is 2.94. The Kier molecular flexibility index (Phi) is 4.17. The number of hydrogen-bond donors (Lipinski definition) is 1. The predicted molar refractivity (Wildman–Crippen MR) is 73.4 cm³/mol. The molecule has 1 N–H and O–H groups in total. The lowest BCUT2D eigenvalue weighted by molar-refractivity contribution is 0.611. The van der Waals surface area contributed by atoms with Crippen molar-refractivity contribution >= 4 is 11.6 Å². The van der Waals surface area contributed by atoms with Crippen molar-refractivity contribution in [3.8, 4) is 0 Å². The molecule has 1 atom stereocenters. The van der Waals surface area contributed by atoms with Crippen LogP contribution in [0, 0.1) is 18.6 Å². The minimum atomic E-state index is -0.462. The first-order chi connectivity index (χ1) is 9.02. The highest BCUT2D eigenvalue weighted by atomic mass is 35.5. The minimum absolute atomic E-state index is 0.0619. The second-order valence-electron chi connectivity index (χ2n) is 4.40. The normalized spacial score (nSPS) is 12.5. The molecule has 4 heteroatoms. The monoisotopic (exact) mass is 281 g/mol. The topological polar surface area (TPSA) is 12.0 Å². The fourth-order valence-corrected chi connectivity index (χ4v) is 2.30. The summed E-state index contributed by atoms with van der Waals surface area (Å²) in [7, 11) is 1.77. The van der Waals surface area contributed by atoms with E-state index in [2.05, 4.69) is 5.32 Å². The van der Waals surface area contributed by atoms with Gasteiger partial charge in [0.1, 0.15) is 11.6 Å². The quantitative estimate of drug-likeness (QED) is 0.887. The van der Waals surface area contributed by atoms with Crippen LogP contribution in [0.4, 0.5) is 8.78 Å². The average molecular weight is 282 g/mol. The standard InChI is InChI=1S/C15H14ClF2N/c1-9-3-5-11(17)8-12(9)15(19-2)10-4-6-14(18)13(16)7-10/h3-8,15,19H,1-2H3. The molecule has 0 radical (unpaired) electrons. The van der Waals surface area contributed by atoms with Crippen LogP contribution in [-0.2, 0) is 0 Å². The van der Waals surface area contributed by atoms with Gasteiger partial charge in [0.2, 0.25) is 0 Å². The Hall–Kier alpha value is -1.45. The minimum Gasteiger partial charge on any atom is -0.309 e. The Balaban J connectivity index is 2.49. The highest BCUT2D eigenvalue weighted by Crippen LogP contribution is 2.28. The van der Waals surface area contributed by atoms with Gasteiger partial charge in [-0.15, -0.1) is 0 Å². The molecule has 2 aromatic carbocycles. The van der Waals surface area contributed by atoms with Crippen LogP contribution in [0.1, 0.15) is 22.7 Å². The molecule has 0 saturated heterocycles. The summed E-state index contributed by atoms with van der Waals surface area (Å²) >= 11 is 5.80. The summed E-state index contributed by atoms with van der Waals surface area (Å²) in [6, 6.07) is 8.91. The van der Waals surface area contributed by atoms with E-state index in [4.69, 9.17) is 11.6 Å². The first kappa shape index (κ1) is 14.0. The van der Waals surface area contributed by atoms with E-state index in [1.807, 2.05) is 6.92 Å². The van der Waals surface area contributed by atoms with Crippen LogP contribution < -0.4 is 5.32 Å². The lowest BCUT2D eigenvalue weighted by Crippen LogP contribution is -2.19. The molecule has 2 aromatic rings. The zero-order valence-corrected chi connectivity index (χ0v) is 11.4. The van der Waals surface area contributed by atoms with Crippen molar-refractivity contribution in [3.05, 3.63) is 69.7 Å². The summed E-state index contributed by atoms with van der Waals surface area (Å²) < 4.78 is 26.6. The largest absolute Gasteiger partial charge is 0.309 e. The molecule has 0 bridgehead atoms. The summed E-state index contributed by atoms with van der Waals surface area (Å²) in [4.78, 5) is 0. The molecule has 0 heterocycles. The molecule has 19 heavy (non-hydrogen) atoms. The molecule has 0 aliphatic heterocycles. The van der Waals surface area contributed by atoms with E-state index >= 15 is 0 Å². The lowest BCUT2D eigenvalue weighted by atomic mass is 9.95. The van der Waals surface area contributed by atoms with Gasteiger partial charge in [-0.1, -0.05) is 23.7 Å². The number of nitrogens with one attached hydrogen (secondary N) is 1. The maximum absolute atomic E-state index is 13.4. The van der Waals surface area contributed by atoms with Gasteiger partial charge < -0.3 is 5.32 Å². The molecule has 0 aliphatic rings. The van der Waals surface area contributed by atoms with Crippen molar-refractivity contribution in [1.29, 1.82) is 0 Å². The van der Waals surface area contributed by atoms with Gasteiger partial charge in [0.05, 0.1) is 11.1 Å². The predicted octanol–water partition coefficient (Wildman–Crippen LogP) is 4.24. The molecule has 0 spiro atoms. The van der Waals surface area contributed by atoms with E-state index in [1.54, 1.807) is 25.2 Å². The van der Waals surface area contributed by atoms with Gasteiger partial charge in [0.25, 0.3) is 0 Å². The molecule has 0 amide bonds. The first-order valence-electron chi connectivity index (χ1n) is 5.91. The average Bonchev–Trinajstić information content (AvgIpc) is 2.38. The fourth-order valence-electron chi connectivity index (χ4n) is 2.12.